The zero-order chi connectivity index (χ0) is 0. The van der Waals surface area contributed by atoms with E-state index in [0.29, 0.717) is 0 Å². The van der Waals surface area contributed by atoms with Crippen LogP contribution in [0.25, 0.3) is 0 Å². The third-order valence-electron chi connectivity index (χ3n) is 0. The lowest BCUT2D eigenvalue weighted by molar-refractivity contribution is 0.823. The van der Waals surface area contributed by atoms with Gasteiger partial charge in [-0.15, -0.1) is 0 Å². The highest BCUT2D eigenvalue weighted by atomic mass is 16.0. The van der Waals surface area contributed by atoms with Gasteiger partial charge in [0, 0.05) is 0 Å². The molecule has 0 aromatic carbocycles. The minimum absolute atomic E-state index is 0. The van der Waals surface area contributed by atoms with Crippen molar-refractivity contribution < 1.29 is 274 Å². The molecule has 0 unspecified atom stereocenters. The van der Waals surface area contributed by atoms with Gasteiger partial charge in [-0.05, 0) is 0 Å². The van der Waals surface area contributed by atoms with Gasteiger partial charge >= 0.3 is 0 Å². The molecule has 136 N–H and O–H groups in total. The van der Waals surface area contributed by atoms with Gasteiger partial charge in [0.1, 0.15) is 0 Å². The smallest absolute Gasteiger partial charge is 0.344 e. The first-order valence-electron chi connectivity index (χ1n) is 0. The van der Waals surface area contributed by atoms with E-state index < -0.39 is 0 Å². The summed E-state index contributed by atoms with van der Waals surface area (Å²) in [6.07, 6.45) is 0. The minimum atomic E-state index is 0. The summed E-state index contributed by atoms with van der Waals surface area (Å²) in [6.45, 7) is 0. The molecule has 0 bridgehead atoms. The lowest BCUT2D eigenvalue weighted by Gasteiger charge is -0.413. The van der Waals surface area contributed by atoms with Crippen molar-refractivity contribution in [2.24, 2.45) is 0 Å². The fraction of sp³-hybridized carbons (Fsp3) is 0. The van der Waals surface area contributed by atoms with Crippen LogP contribution in [0.5, 0.6) is 0 Å². The van der Waals surface area contributed by atoms with Gasteiger partial charge in [0.05, 0.1) is 0 Å². The molecule has 0 radical (unpaired) electrons. The van der Waals surface area contributed by atoms with Gasteiger partial charge in [0.2, 0.25) is 0 Å². The van der Waals surface area contributed by atoms with Crippen molar-refractivity contribution in [2.45, 2.75) is 0 Å². The van der Waals surface area contributed by atoms with E-state index in [9.17, 15) is 0 Å². The highest BCUT2D eigenvalue weighted by Gasteiger charge is -0.319. The first-order valence-corrected chi connectivity index (χ1v) is 0. The summed E-state index contributed by atoms with van der Waals surface area (Å²) in [5, 5.41) is 0. The van der Waals surface area contributed by atoms with Crippen molar-refractivity contribution in [2.75, 3.05) is 0 Å². The van der Waals surface area contributed by atoms with E-state index in [4.69, 9.17) is 0 Å². The molecule has 496 valence electrons. The van der Waals surface area contributed by atoms with Gasteiger partial charge in [-0.25, -0.2) is 0 Å². The summed E-state index contributed by atoms with van der Waals surface area (Å²) in [4.78, 5) is 0. The lowest BCUT2D eigenvalue weighted by atomic mass is 14.0. The largest absolute Gasteiger partial charge is 0.412 e. The summed E-state index contributed by atoms with van der Waals surface area (Å²) in [5.41, 5.74) is 0. The van der Waals surface area contributed by atoms with Crippen LogP contribution in [0, 0.1) is 0 Å². The zero-order valence-electron chi connectivity index (χ0n) is 33.5. The molecule has 62 nitrogen and oxygen atoms in total. The summed E-state index contributed by atoms with van der Waals surface area (Å²) >= 11 is 0. The summed E-state index contributed by atoms with van der Waals surface area (Å²) in [6, 6.07) is 0. The van der Waals surface area contributed by atoms with Crippen molar-refractivity contribution >= 4 is 0 Å². The van der Waals surface area contributed by atoms with E-state index in [-0.39, 0.29) is 348 Å². The molecule has 0 rings (SSSR count). The Balaban J connectivity index is 0. The fourth-order valence-corrected chi connectivity index (χ4v) is 0. The molecule has 0 aliphatic carbocycles. The zero-order valence-corrected chi connectivity index (χ0v) is 33.5. The Hall–Kier alpha value is -2.48. The highest BCUT2D eigenvalue weighted by molar-refractivity contribution is 2.15. The SMILES string of the molecule is N.N.N.N.N.N.N.N.N.N.N.N.O.O.O.O.O.O.O.O.O.O.O.O.O.O.O.O.O.O.O.O.O.O.O.O.O.O.O.O.O.O.O.O.O.O.O.O.O.O.O.O.O.O.O.O.O.O.O.O.O.O. The topological polar surface area (TPSA) is 2000 Å². The van der Waals surface area contributed by atoms with Crippen LogP contribution in [0.2, 0.25) is 0 Å². The summed E-state index contributed by atoms with van der Waals surface area (Å²) in [5.74, 6) is 0. The normalized spacial score (nSPS) is 0. The van der Waals surface area contributed by atoms with Gasteiger partial charge in [-0.2, -0.15) is 0 Å². The number of rotatable bonds is 0. The van der Waals surface area contributed by atoms with Gasteiger partial charge < -0.3 is 348 Å². The second-order valence-electron chi connectivity index (χ2n) is 0. The highest BCUT2D eigenvalue weighted by Crippen LogP contribution is -0.238. The maximum atomic E-state index is 0. The molecule has 0 aliphatic heterocycles. The Labute approximate surface area is 349 Å². The van der Waals surface area contributed by atoms with Crippen LogP contribution >= 0.6 is 0 Å². The van der Waals surface area contributed by atoms with Crippen LogP contribution in [0.3, 0.4) is 0 Å². The quantitative estimate of drug-likeness (QED) is 0.108. The molecule has 62 heavy (non-hydrogen) atoms. The van der Waals surface area contributed by atoms with E-state index in [2.05, 4.69) is 0 Å². The van der Waals surface area contributed by atoms with Gasteiger partial charge in [-0.1, -0.05) is 0 Å². The second kappa shape index (κ2) is 31500. The Morgan fingerprint density at radius 2 is 0.0323 bits per heavy atom. The molecule has 0 fully saturated rings. The van der Waals surface area contributed by atoms with Crippen molar-refractivity contribution in [1.82, 2.24) is 73.8 Å². The van der Waals surface area contributed by atoms with E-state index in [1.807, 2.05) is 0 Å². The van der Waals surface area contributed by atoms with Crippen LogP contribution in [-0.4, -0.2) is 274 Å². The standard InChI is InChI=1S/12H3N.50H2O/h12*1H3;50*1H2. The van der Waals surface area contributed by atoms with Crippen LogP contribution in [-0.2, 0) is 0 Å². The monoisotopic (exact) mass is 1100 g/mol. The third-order valence-corrected chi connectivity index (χ3v) is 0. The molecule has 62 heteroatoms. The molecule has 0 aromatic heterocycles. The molecular formula is H136N12O50. The molecule has 0 aliphatic rings. The van der Waals surface area contributed by atoms with Gasteiger partial charge in [0.15, 0.2) is 0 Å². The van der Waals surface area contributed by atoms with E-state index in [0.717, 1.165) is 0 Å². The van der Waals surface area contributed by atoms with Gasteiger partial charge in [-0.3, -0.25) is 0 Å². The predicted octanol–water partition coefficient (Wildman–Crippen LogP) is -39.3. The molecule has 0 aromatic rings. The molecule has 0 heterocycles. The third kappa shape index (κ3) is 29900. The van der Waals surface area contributed by atoms with E-state index in [1.54, 1.807) is 0 Å². The van der Waals surface area contributed by atoms with Crippen molar-refractivity contribution in [1.29, 1.82) is 0 Å². The Morgan fingerprint density at radius 3 is 0.0323 bits per heavy atom. The lowest BCUT2D eigenvalue weighted by Crippen LogP contribution is -0.482. The van der Waals surface area contributed by atoms with Crippen LogP contribution in [0.1, 0.15) is 0 Å². The van der Waals surface area contributed by atoms with Crippen LogP contribution in [0.4, 0.5) is 0 Å². The fourth-order valence-electron chi connectivity index (χ4n) is 0. The first-order chi connectivity index (χ1) is 0. The minimum Gasteiger partial charge on any atom is -0.412 e. The Bertz CT molecular complexity index is 43.9. The molecule has 0 atom stereocenters. The average Bonchev–Trinajstić information content (AvgIpc) is 0. The first kappa shape index (κ1) is 33100. The van der Waals surface area contributed by atoms with Crippen molar-refractivity contribution in [3.05, 3.63) is 0 Å². The molecular weight excluding hydrogens is 968 g/mol. The van der Waals surface area contributed by atoms with Crippen LogP contribution < -0.4 is 73.8 Å². The average molecular weight is 1110 g/mol. The number of hydrogen-bond acceptors (Lipinski definition) is 12. The van der Waals surface area contributed by atoms with Gasteiger partial charge in [0.25, 0.3) is 0 Å². The Kier molecular flexibility index (Phi) is 16800000. The molecule has 0 saturated carbocycles. The Morgan fingerprint density at radius 1 is 0.0323 bits per heavy atom. The van der Waals surface area contributed by atoms with E-state index in [1.165, 1.54) is 0 Å². The van der Waals surface area contributed by atoms with Crippen LogP contribution in [0.15, 0.2) is 0 Å². The summed E-state index contributed by atoms with van der Waals surface area (Å²) in [7, 11) is 0. The molecule has 0 saturated heterocycles. The maximum absolute atomic E-state index is 0. The van der Waals surface area contributed by atoms with E-state index >= 15 is 0 Å². The maximum Gasteiger partial charge on any atom is -0.344 e. The number of hydrogen-bond donors (Lipinski definition) is 12. The predicted molar refractivity (Wildman–Crippen MR) is 241 cm³/mol. The summed E-state index contributed by atoms with van der Waals surface area (Å²) < 4.78 is 0. The second-order valence-corrected chi connectivity index (χ2v) is 0. The molecule has 0 amide bonds. The molecule has 0 spiro atoms. The van der Waals surface area contributed by atoms with Crippen molar-refractivity contribution in [3.8, 4) is 0 Å². The van der Waals surface area contributed by atoms with Crippen molar-refractivity contribution in [3.63, 3.8) is 0 Å².